The van der Waals surface area contributed by atoms with Crippen molar-refractivity contribution in [3.63, 3.8) is 0 Å². The van der Waals surface area contributed by atoms with Gasteiger partial charge < -0.3 is 14.4 Å². The van der Waals surface area contributed by atoms with Crippen LogP contribution in [0.15, 0.2) is 36.5 Å². The van der Waals surface area contributed by atoms with Gasteiger partial charge in [-0.2, -0.15) is 13.2 Å². The molecule has 2 aliphatic carbocycles. The van der Waals surface area contributed by atoms with E-state index in [1.165, 1.54) is 24.9 Å². The van der Waals surface area contributed by atoms with Crippen LogP contribution in [0.2, 0.25) is 0 Å². The number of pyridine rings is 1. The number of aryl methyl sites for hydroxylation is 1. The van der Waals surface area contributed by atoms with E-state index < -0.39 is 11.7 Å². The van der Waals surface area contributed by atoms with E-state index >= 15 is 0 Å². The molecule has 1 aromatic carbocycles. The zero-order valence-corrected chi connectivity index (χ0v) is 21.3. The summed E-state index contributed by atoms with van der Waals surface area (Å²) in [5.74, 6) is 1.68. The van der Waals surface area contributed by atoms with E-state index in [1.807, 2.05) is 6.92 Å². The highest BCUT2D eigenvalue weighted by Crippen LogP contribution is 2.56. The van der Waals surface area contributed by atoms with Crippen LogP contribution in [0.5, 0.6) is 5.75 Å². The molecule has 0 N–H and O–H groups in total. The second-order valence-electron chi connectivity index (χ2n) is 11.6. The number of carbonyl (C=O) groups excluding carboxylic acids is 1. The molecule has 5 nitrogen and oxygen atoms in total. The van der Waals surface area contributed by atoms with Gasteiger partial charge in [-0.1, -0.05) is 19.1 Å². The van der Waals surface area contributed by atoms with Crippen molar-refractivity contribution in [3.8, 4) is 5.75 Å². The number of esters is 1. The fourth-order valence-electron chi connectivity index (χ4n) is 7.06. The first-order chi connectivity index (χ1) is 17.7. The highest BCUT2D eigenvalue weighted by atomic mass is 19.4. The molecule has 198 valence electrons. The maximum Gasteiger partial charge on any atom is 0.419 e. The van der Waals surface area contributed by atoms with Crippen LogP contribution in [0.3, 0.4) is 0 Å². The second kappa shape index (κ2) is 8.91. The van der Waals surface area contributed by atoms with Crippen LogP contribution in [0.1, 0.15) is 61.6 Å². The molecule has 6 rings (SSSR count). The lowest BCUT2D eigenvalue weighted by molar-refractivity contribution is -0.145. The summed E-state index contributed by atoms with van der Waals surface area (Å²) in [6.07, 6.45) is 3.29. The van der Waals surface area contributed by atoms with Gasteiger partial charge in [0, 0.05) is 24.7 Å². The van der Waals surface area contributed by atoms with Crippen LogP contribution in [-0.2, 0) is 22.1 Å². The molecule has 3 fully saturated rings. The first-order valence-corrected chi connectivity index (χ1v) is 13.3. The topological polar surface area (TPSA) is 51.7 Å². The van der Waals surface area contributed by atoms with E-state index in [0.717, 1.165) is 55.9 Å². The molecule has 1 spiro atoms. The lowest BCUT2D eigenvalue weighted by Gasteiger charge is -2.61. The number of fused-ring (bicyclic) bond motifs is 1. The summed E-state index contributed by atoms with van der Waals surface area (Å²) in [7, 11) is 1.45. The van der Waals surface area contributed by atoms with Crippen molar-refractivity contribution in [1.29, 1.82) is 0 Å². The minimum absolute atomic E-state index is 0.0471. The monoisotopic (exact) mass is 514 g/mol. The van der Waals surface area contributed by atoms with Gasteiger partial charge in [-0.15, -0.1) is 0 Å². The Labute approximate surface area is 215 Å². The Bertz CT molecular complexity index is 1180. The Morgan fingerprint density at radius 1 is 1.19 bits per heavy atom. The summed E-state index contributed by atoms with van der Waals surface area (Å²) >= 11 is 0. The Balaban J connectivity index is 1.10. The fraction of sp³-hybridized carbons (Fsp3) is 0.586. The third-order valence-electron chi connectivity index (χ3n) is 9.05. The number of hydrogen-bond acceptors (Lipinski definition) is 5. The first kappa shape index (κ1) is 24.6. The van der Waals surface area contributed by atoms with Crippen LogP contribution in [0.4, 0.5) is 19.0 Å². The number of methoxy groups -OCH3 is 1. The molecule has 1 unspecified atom stereocenters. The van der Waals surface area contributed by atoms with Crippen LogP contribution in [0, 0.1) is 23.2 Å². The van der Waals surface area contributed by atoms with E-state index in [1.54, 1.807) is 4.90 Å². The third-order valence-corrected chi connectivity index (χ3v) is 9.05. The lowest BCUT2D eigenvalue weighted by atomic mass is 9.55. The number of carbonyl (C=O) groups is 1. The minimum atomic E-state index is -4.40. The van der Waals surface area contributed by atoms with Crippen molar-refractivity contribution in [2.75, 3.05) is 25.1 Å². The summed E-state index contributed by atoms with van der Waals surface area (Å²) in [5, 5.41) is 0. The van der Waals surface area contributed by atoms with Gasteiger partial charge in [-0.25, -0.2) is 4.98 Å². The van der Waals surface area contributed by atoms with Crippen molar-refractivity contribution in [1.82, 2.24) is 4.98 Å². The number of ether oxygens (including phenoxy) is 2. The summed E-state index contributed by atoms with van der Waals surface area (Å²) in [6, 6.07) is 8.89. The van der Waals surface area contributed by atoms with E-state index in [9.17, 15) is 18.0 Å². The van der Waals surface area contributed by atoms with Crippen molar-refractivity contribution in [3.05, 3.63) is 53.2 Å². The molecule has 0 amide bonds. The zero-order valence-electron chi connectivity index (χ0n) is 21.3. The zero-order chi connectivity index (χ0) is 25.9. The average Bonchev–Trinajstić information content (AvgIpc) is 3.66. The van der Waals surface area contributed by atoms with Gasteiger partial charge >= 0.3 is 12.1 Å². The number of rotatable bonds is 6. The number of nitrogens with zero attached hydrogens (tertiary/aromatic N) is 2. The molecule has 2 aliphatic heterocycles. The maximum absolute atomic E-state index is 13.4. The highest BCUT2D eigenvalue weighted by Gasteiger charge is 2.56. The number of hydrogen-bond donors (Lipinski definition) is 0. The summed E-state index contributed by atoms with van der Waals surface area (Å²) in [4.78, 5) is 18.1. The average molecular weight is 515 g/mol. The second-order valence-corrected chi connectivity index (χ2v) is 11.6. The van der Waals surface area contributed by atoms with Crippen LogP contribution < -0.4 is 9.64 Å². The van der Waals surface area contributed by atoms with Gasteiger partial charge in [0.1, 0.15) is 17.7 Å². The van der Waals surface area contributed by atoms with Gasteiger partial charge in [-0.05, 0) is 85.6 Å². The molecule has 1 aromatic heterocycles. The standard InChI is InChI=1S/C29H33F3N2O3/c1-17(27(35)36-2)25(19-6-7-19)20-8-5-18-9-10-23(37-24(18)12-20)21-13-28(14-21)15-34(16-28)26-22(29(30,31)32)4-3-11-33-26/h3-5,8,11-12,17,19,21,23,25H,6-7,9-10,13-16H2,1-2H3/t17-,23?,25-/m0/s1. The number of halogens is 3. The molecule has 2 saturated carbocycles. The van der Waals surface area contributed by atoms with Crippen molar-refractivity contribution in [2.45, 2.75) is 63.6 Å². The summed E-state index contributed by atoms with van der Waals surface area (Å²) < 4.78 is 51.8. The Hall–Kier alpha value is -2.77. The molecule has 0 bridgehead atoms. The van der Waals surface area contributed by atoms with Gasteiger partial charge in [0.15, 0.2) is 0 Å². The van der Waals surface area contributed by atoms with Crippen LogP contribution in [0.25, 0.3) is 0 Å². The highest BCUT2D eigenvalue weighted by molar-refractivity contribution is 5.73. The Morgan fingerprint density at radius 3 is 2.62 bits per heavy atom. The van der Waals surface area contributed by atoms with Crippen LogP contribution in [-0.4, -0.2) is 37.3 Å². The smallest absolute Gasteiger partial charge is 0.419 e. The number of alkyl halides is 3. The van der Waals surface area contributed by atoms with Gasteiger partial charge in [0.25, 0.3) is 0 Å². The molecule has 3 atom stereocenters. The van der Waals surface area contributed by atoms with Gasteiger partial charge in [0.05, 0.1) is 18.6 Å². The minimum Gasteiger partial charge on any atom is -0.490 e. The molecular weight excluding hydrogens is 481 g/mol. The van der Waals surface area contributed by atoms with Gasteiger partial charge in [0.2, 0.25) is 0 Å². The van der Waals surface area contributed by atoms with E-state index in [-0.39, 0.29) is 35.1 Å². The van der Waals surface area contributed by atoms with Crippen molar-refractivity contribution >= 4 is 11.8 Å². The molecule has 1 saturated heterocycles. The lowest BCUT2D eigenvalue weighted by Crippen LogP contribution is -2.64. The predicted octanol–water partition coefficient (Wildman–Crippen LogP) is 6.01. The number of benzene rings is 1. The van der Waals surface area contributed by atoms with E-state index in [2.05, 4.69) is 23.2 Å². The SMILES string of the molecule is COC(=O)[C@@H](C)[C@H](c1ccc2c(c1)OC(C1CC3(C1)CN(c1ncccc1C(F)(F)F)C3)CC2)C1CC1. The van der Waals surface area contributed by atoms with E-state index in [4.69, 9.17) is 9.47 Å². The molecule has 0 radical (unpaired) electrons. The number of anilines is 1. The Kier molecular flexibility index (Phi) is 5.92. The molecule has 8 heteroatoms. The largest absolute Gasteiger partial charge is 0.490 e. The predicted molar refractivity (Wildman–Crippen MR) is 132 cm³/mol. The number of aromatic nitrogens is 1. The first-order valence-electron chi connectivity index (χ1n) is 13.3. The fourth-order valence-corrected chi connectivity index (χ4v) is 7.06. The van der Waals surface area contributed by atoms with Crippen molar-refractivity contribution < 1.29 is 27.4 Å². The van der Waals surface area contributed by atoms with Gasteiger partial charge in [-0.3, -0.25) is 4.79 Å². The molecular formula is C29H33F3N2O3. The molecule has 4 aliphatic rings. The normalized spacial score (nSPS) is 24.4. The quantitative estimate of drug-likeness (QED) is 0.442. The molecule has 2 aromatic rings. The van der Waals surface area contributed by atoms with Crippen molar-refractivity contribution in [2.24, 2.45) is 23.2 Å². The van der Waals surface area contributed by atoms with E-state index in [0.29, 0.717) is 24.9 Å². The maximum atomic E-state index is 13.4. The summed E-state index contributed by atoms with van der Waals surface area (Å²) in [5.41, 5.74) is 1.77. The van der Waals surface area contributed by atoms with Crippen LogP contribution >= 0.6 is 0 Å². The summed E-state index contributed by atoms with van der Waals surface area (Å²) in [6.45, 7) is 3.19. The molecule has 37 heavy (non-hydrogen) atoms. The Morgan fingerprint density at radius 2 is 1.95 bits per heavy atom. The molecule has 3 heterocycles. The third kappa shape index (κ3) is 4.46.